The minimum atomic E-state index is 0.933. The lowest BCUT2D eigenvalue weighted by Crippen LogP contribution is -2.03. The topological polar surface area (TPSA) is 12.0 Å². The summed E-state index contributed by atoms with van der Waals surface area (Å²) in [5.41, 5.74) is 2.48. The number of thiol groups is 1. The van der Waals surface area contributed by atoms with Crippen LogP contribution in [0.4, 0.5) is 5.69 Å². The van der Waals surface area contributed by atoms with Gasteiger partial charge in [0.25, 0.3) is 0 Å². The molecule has 0 aliphatic heterocycles. The lowest BCUT2D eigenvalue weighted by molar-refractivity contribution is 0.993. The molecule has 1 rings (SSSR count). The van der Waals surface area contributed by atoms with Gasteiger partial charge < -0.3 is 5.32 Å². The van der Waals surface area contributed by atoms with Gasteiger partial charge in [-0.25, -0.2) is 0 Å². The highest BCUT2D eigenvalue weighted by molar-refractivity contribution is 9.10. The molecule has 1 aromatic carbocycles. The van der Waals surface area contributed by atoms with Gasteiger partial charge in [-0.2, -0.15) is 12.6 Å². The van der Waals surface area contributed by atoms with E-state index in [-0.39, 0.29) is 0 Å². The summed E-state index contributed by atoms with van der Waals surface area (Å²) < 4.78 is 1.13. The largest absolute Gasteiger partial charge is 0.385 e. The predicted octanol–water partition coefficient (Wildman–Crippen LogP) is 3.49. The van der Waals surface area contributed by atoms with Crippen LogP contribution in [0.15, 0.2) is 22.7 Å². The zero-order chi connectivity index (χ0) is 9.68. The molecule has 13 heavy (non-hydrogen) atoms. The van der Waals surface area contributed by atoms with Gasteiger partial charge in [0.05, 0.1) is 0 Å². The highest BCUT2D eigenvalue weighted by Crippen LogP contribution is 2.19. The zero-order valence-electron chi connectivity index (χ0n) is 7.68. The lowest BCUT2D eigenvalue weighted by Gasteiger charge is -2.08. The SMILES string of the molecule is Cc1cc(Br)ccc1NCCCS. The van der Waals surface area contributed by atoms with Gasteiger partial charge in [0.1, 0.15) is 0 Å². The molecule has 0 spiro atoms. The summed E-state index contributed by atoms with van der Waals surface area (Å²) in [6.07, 6.45) is 1.10. The van der Waals surface area contributed by atoms with Gasteiger partial charge in [-0.05, 0) is 42.9 Å². The molecule has 0 amide bonds. The minimum absolute atomic E-state index is 0.933. The van der Waals surface area contributed by atoms with Crippen LogP contribution in [-0.2, 0) is 0 Å². The number of benzene rings is 1. The van der Waals surface area contributed by atoms with Crippen LogP contribution in [0, 0.1) is 6.92 Å². The van der Waals surface area contributed by atoms with Crippen molar-refractivity contribution >= 4 is 34.2 Å². The second-order valence-corrected chi connectivity index (χ2v) is 4.33. The van der Waals surface area contributed by atoms with Crippen molar-refractivity contribution in [3.63, 3.8) is 0 Å². The maximum absolute atomic E-state index is 4.16. The van der Waals surface area contributed by atoms with Crippen LogP contribution < -0.4 is 5.32 Å². The van der Waals surface area contributed by atoms with Gasteiger partial charge in [-0.15, -0.1) is 0 Å². The number of hydrogen-bond acceptors (Lipinski definition) is 2. The van der Waals surface area contributed by atoms with E-state index in [0.717, 1.165) is 23.2 Å². The molecule has 0 radical (unpaired) electrons. The Morgan fingerprint density at radius 2 is 2.23 bits per heavy atom. The van der Waals surface area contributed by atoms with Crippen LogP contribution in [0.25, 0.3) is 0 Å². The van der Waals surface area contributed by atoms with Gasteiger partial charge >= 0.3 is 0 Å². The molecule has 0 aromatic heterocycles. The first-order valence-electron chi connectivity index (χ1n) is 4.35. The maximum atomic E-state index is 4.16. The summed E-state index contributed by atoms with van der Waals surface area (Å²) in [4.78, 5) is 0. The molecule has 0 aliphatic rings. The maximum Gasteiger partial charge on any atom is 0.0370 e. The second kappa shape index (κ2) is 5.55. The fraction of sp³-hybridized carbons (Fsp3) is 0.400. The number of nitrogens with one attached hydrogen (secondary N) is 1. The molecule has 0 unspecified atom stereocenters. The van der Waals surface area contributed by atoms with Gasteiger partial charge in [-0.1, -0.05) is 15.9 Å². The Morgan fingerprint density at radius 3 is 2.85 bits per heavy atom. The van der Waals surface area contributed by atoms with Crippen LogP contribution in [-0.4, -0.2) is 12.3 Å². The van der Waals surface area contributed by atoms with Crippen LogP contribution in [0.3, 0.4) is 0 Å². The van der Waals surface area contributed by atoms with Crippen molar-refractivity contribution in [3.05, 3.63) is 28.2 Å². The zero-order valence-corrected chi connectivity index (χ0v) is 10.2. The Labute approximate surface area is 93.5 Å². The quantitative estimate of drug-likeness (QED) is 0.623. The van der Waals surface area contributed by atoms with E-state index in [1.54, 1.807) is 0 Å². The molecular formula is C10H14BrNS. The Kier molecular flexibility index (Phi) is 4.67. The number of aryl methyl sites for hydroxylation is 1. The minimum Gasteiger partial charge on any atom is -0.385 e. The number of halogens is 1. The molecule has 1 aromatic rings. The van der Waals surface area contributed by atoms with E-state index in [1.165, 1.54) is 11.3 Å². The van der Waals surface area contributed by atoms with Crippen LogP contribution in [0.5, 0.6) is 0 Å². The van der Waals surface area contributed by atoms with Crippen molar-refractivity contribution < 1.29 is 0 Å². The van der Waals surface area contributed by atoms with Crippen molar-refractivity contribution in [3.8, 4) is 0 Å². The van der Waals surface area contributed by atoms with E-state index < -0.39 is 0 Å². The smallest absolute Gasteiger partial charge is 0.0370 e. The van der Waals surface area contributed by atoms with Crippen molar-refractivity contribution in [1.82, 2.24) is 0 Å². The average Bonchev–Trinajstić information content (AvgIpc) is 2.09. The van der Waals surface area contributed by atoms with Gasteiger partial charge in [0.15, 0.2) is 0 Å². The molecule has 1 N–H and O–H groups in total. The summed E-state index contributed by atoms with van der Waals surface area (Å²) in [6.45, 7) is 3.10. The van der Waals surface area contributed by atoms with E-state index >= 15 is 0 Å². The van der Waals surface area contributed by atoms with E-state index in [9.17, 15) is 0 Å². The normalized spacial score (nSPS) is 10.1. The lowest BCUT2D eigenvalue weighted by atomic mass is 10.2. The summed E-state index contributed by atoms with van der Waals surface area (Å²) in [5, 5.41) is 3.37. The van der Waals surface area contributed by atoms with E-state index in [0.29, 0.717) is 0 Å². The molecule has 0 saturated carbocycles. The third-order valence-electron chi connectivity index (χ3n) is 1.84. The predicted molar refractivity (Wildman–Crippen MR) is 65.8 cm³/mol. The third kappa shape index (κ3) is 3.61. The fourth-order valence-electron chi connectivity index (χ4n) is 1.13. The second-order valence-electron chi connectivity index (χ2n) is 2.96. The Morgan fingerprint density at radius 1 is 1.46 bits per heavy atom. The number of anilines is 1. The fourth-order valence-corrected chi connectivity index (χ4v) is 1.76. The van der Waals surface area contributed by atoms with Crippen molar-refractivity contribution in [2.45, 2.75) is 13.3 Å². The number of rotatable bonds is 4. The Bertz CT molecular complexity index is 276. The van der Waals surface area contributed by atoms with Crippen molar-refractivity contribution in [2.24, 2.45) is 0 Å². The van der Waals surface area contributed by atoms with Crippen molar-refractivity contribution in [2.75, 3.05) is 17.6 Å². The first-order valence-corrected chi connectivity index (χ1v) is 5.77. The van der Waals surface area contributed by atoms with Gasteiger partial charge in [-0.3, -0.25) is 0 Å². The Balaban J connectivity index is 2.56. The molecule has 0 fully saturated rings. The molecule has 0 bridgehead atoms. The standard InChI is InChI=1S/C10H14BrNS/c1-8-7-9(11)3-4-10(8)12-5-2-6-13/h3-4,7,12-13H,2,5-6H2,1H3. The van der Waals surface area contributed by atoms with Crippen LogP contribution in [0.2, 0.25) is 0 Å². The highest BCUT2D eigenvalue weighted by atomic mass is 79.9. The highest BCUT2D eigenvalue weighted by Gasteiger charge is 1.96. The van der Waals surface area contributed by atoms with E-state index in [1.807, 2.05) is 0 Å². The number of hydrogen-bond donors (Lipinski definition) is 2. The first kappa shape index (κ1) is 10.9. The Hall–Kier alpha value is -0.150. The molecule has 1 nitrogen and oxygen atoms in total. The van der Waals surface area contributed by atoms with Crippen LogP contribution >= 0.6 is 28.6 Å². The van der Waals surface area contributed by atoms with Crippen LogP contribution in [0.1, 0.15) is 12.0 Å². The summed E-state index contributed by atoms with van der Waals surface area (Å²) >= 11 is 7.60. The molecule has 0 heterocycles. The molecule has 0 aliphatic carbocycles. The average molecular weight is 260 g/mol. The monoisotopic (exact) mass is 259 g/mol. The molecule has 0 saturated heterocycles. The molecule has 0 atom stereocenters. The van der Waals surface area contributed by atoms with E-state index in [2.05, 4.69) is 59.0 Å². The van der Waals surface area contributed by atoms with E-state index in [4.69, 9.17) is 0 Å². The summed E-state index contributed by atoms with van der Waals surface area (Å²) in [6, 6.07) is 6.26. The third-order valence-corrected chi connectivity index (χ3v) is 2.65. The van der Waals surface area contributed by atoms with Crippen molar-refractivity contribution in [1.29, 1.82) is 0 Å². The van der Waals surface area contributed by atoms with Gasteiger partial charge in [0.2, 0.25) is 0 Å². The molecular weight excluding hydrogens is 246 g/mol. The van der Waals surface area contributed by atoms with Gasteiger partial charge in [0, 0.05) is 16.7 Å². The molecule has 72 valence electrons. The summed E-state index contributed by atoms with van der Waals surface area (Å²) in [5.74, 6) is 0.933. The summed E-state index contributed by atoms with van der Waals surface area (Å²) in [7, 11) is 0. The first-order chi connectivity index (χ1) is 6.24. The molecule has 3 heteroatoms.